The molecule has 0 bridgehead atoms. The van der Waals surface area contributed by atoms with E-state index in [-0.39, 0.29) is 5.92 Å². The van der Waals surface area contributed by atoms with Gasteiger partial charge in [0.1, 0.15) is 18.1 Å². The average molecular weight is 315 g/mol. The maximum Gasteiger partial charge on any atom is 0.326 e. The van der Waals surface area contributed by atoms with Crippen LogP contribution in [0, 0.1) is 5.92 Å². The Morgan fingerprint density at radius 1 is 1.36 bits per heavy atom. The maximum atomic E-state index is 12.3. The van der Waals surface area contributed by atoms with Gasteiger partial charge in [-0.25, -0.2) is 4.79 Å². The molecule has 1 rings (SSSR count). The highest BCUT2D eigenvalue weighted by molar-refractivity contribution is 5.92. The third-order valence-electron chi connectivity index (χ3n) is 3.67. The second-order valence-electron chi connectivity index (χ2n) is 6.01. The molecule has 0 aromatic heterocycles. The fourth-order valence-corrected chi connectivity index (χ4v) is 2.55. The maximum absolute atomic E-state index is 12.3. The number of amides is 2. The molecule has 0 aliphatic carbocycles. The Kier molecular flexibility index (Phi) is 6.76. The summed E-state index contributed by atoms with van der Waals surface area (Å²) < 4.78 is 0. The molecule has 0 aromatic rings. The molecule has 1 aliphatic rings. The summed E-state index contributed by atoms with van der Waals surface area (Å²) in [6.07, 6.45) is 1.42. The second-order valence-corrected chi connectivity index (χ2v) is 6.01. The van der Waals surface area contributed by atoms with Crippen molar-refractivity contribution >= 4 is 17.8 Å². The van der Waals surface area contributed by atoms with Gasteiger partial charge in [0.2, 0.25) is 11.8 Å². The van der Waals surface area contributed by atoms with Crippen LogP contribution in [0.4, 0.5) is 0 Å². The van der Waals surface area contributed by atoms with Crippen LogP contribution in [0.1, 0.15) is 33.1 Å². The van der Waals surface area contributed by atoms with E-state index in [1.807, 2.05) is 13.8 Å². The van der Waals surface area contributed by atoms with Gasteiger partial charge >= 0.3 is 5.97 Å². The van der Waals surface area contributed by atoms with Gasteiger partial charge in [-0.05, 0) is 25.2 Å². The molecule has 3 atom stereocenters. The average Bonchev–Trinajstić information content (AvgIpc) is 2.93. The van der Waals surface area contributed by atoms with Gasteiger partial charge in [-0.1, -0.05) is 13.8 Å². The number of nitrogens with one attached hydrogen (secondary N) is 1. The molecule has 1 saturated heterocycles. The number of aliphatic carboxylic acids is 1. The summed E-state index contributed by atoms with van der Waals surface area (Å²) in [7, 11) is 0. The van der Waals surface area contributed by atoms with Crippen LogP contribution in [-0.2, 0) is 14.4 Å². The molecule has 1 heterocycles. The molecule has 22 heavy (non-hydrogen) atoms. The minimum atomic E-state index is -1.09. The van der Waals surface area contributed by atoms with Crippen molar-refractivity contribution in [1.29, 1.82) is 0 Å². The van der Waals surface area contributed by atoms with E-state index in [1.54, 1.807) is 0 Å². The fraction of sp³-hybridized carbons (Fsp3) is 0.786. The first kappa shape index (κ1) is 18.4. The summed E-state index contributed by atoms with van der Waals surface area (Å²) in [5.74, 6) is -1.95. The number of hydrogen-bond acceptors (Lipinski definition) is 5. The third-order valence-corrected chi connectivity index (χ3v) is 3.67. The van der Waals surface area contributed by atoms with Crippen molar-refractivity contribution in [3.8, 4) is 0 Å². The molecule has 0 spiro atoms. The lowest BCUT2D eigenvalue weighted by atomic mass is 10.0. The SMILES string of the molecule is CC(C)C[C@H](NC(=O)[C@@H]1CCCN1C(=O)[C@@H](N)CO)C(=O)O. The van der Waals surface area contributed by atoms with Gasteiger partial charge < -0.3 is 26.2 Å². The lowest BCUT2D eigenvalue weighted by Gasteiger charge is -2.27. The number of carboxylic acid groups (broad SMARTS) is 1. The number of aliphatic hydroxyl groups excluding tert-OH is 1. The fourth-order valence-electron chi connectivity index (χ4n) is 2.55. The number of carbonyl (C=O) groups is 3. The van der Waals surface area contributed by atoms with Crippen molar-refractivity contribution in [3.05, 3.63) is 0 Å². The van der Waals surface area contributed by atoms with Crippen LogP contribution in [-0.4, -0.2) is 64.2 Å². The van der Waals surface area contributed by atoms with E-state index in [9.17, 15) is 14.4 Å². The van der Waals surface area contributed by atoms with Crippen LogP contribution < -0.4 is 11.1 Å². The summed E-state index contributed by atoms with van der Waals surface area (Å²) in [6.45, 7) is 3.63. The Morgan fingerprint density at radius 2 is 2.00 bits per heavy atom. The molecular weight excluding hydrogens is 290 g/mol. The lowest BCUT2D eigenvalue weighted by molar-refractivity contribution is -0.144. The number of nitrogens with zero attached hydrogens (tertiary/aromatic N) is 1. The molecule has 1 aliphatic heterocycles. The van der Waals surface area contributed by atoms with Crippen LogP contribution in [0.3, 0.4) is 0 Å². The van der Waals surface area contributed by atoms with Gasteiger partial charge in [0, 0.05) is 6.54 Å². The molecule has 8 heteroatoms. The van der Waals surface area contributed by atoms with Gasteiger partial charge in [-0.15, -0.1) is 0 Å². The molecule has 5 N–H and O–H groups in total. The van der Waals surface area contributed by atoms with Crippen molar-refractivity contribution in [2.24, 2.45) is 11.7 Å². The number of hydrogen-bond donors (Lipinski definition) is 4. The number of aliphatic hydroxyl groups is 1. The van der Waals surface area contributed by atoms with Crippen molar-refractivity contribution in [1.82, 2.24) is 10.2 Å². The van der Waals surface area contributed by atoms with Crippen molar-refractivity contribution in [3.63, 3.8) is 0 Å². The Morgan fingerprint density at radius 3 is 2.50 bits per heavy atom. The first-order valence-corrected chi connectivity index (χ1v) is 7.48. The first-order chi connectivity index (χ1) is 10.3. The molecule has 8 nitrogen and oxygen atoms in total. The van der Waals surface area contributed by atoms with Crippen molar-refractivity contribution in [2.45, 2.75) is 51.2 Å². The molecular formula is C14H25N3O5. The molecule has 1 fully saturated rings. The molecule has 2 amide bonds. The van der Waals surface area contributed by atoms with E-state index < -0.39 is 42.5 Å². The Labute approximate surface area is 129 Å². The monoisotopic (exact) mass is 315 g/mol. The topological polar surface area (TPSA) is 133 Å². The summed E-state index contributed by atoms with van der Waals surface area (Å²) in [6, 6.07) is -2.75. The van der Waals surface area contributed by atoms with Gasteiger partial charge in [-0.3, -0.25) is 9.59 Å². The third kappa shape index (κ3) is 4.67. The predicted molar refractivity (Wildman–Crippen MR) is 78.8 cm³/mol. The Balaban J connectivity index is 2.74. The smallest absolute Gasteiger partial charge is 0.326 e. The number of carboxylic acids is 1. The molecule has 0 saturated carbocycles. The Hall–Kier alpha value is -1.67. The lowest BCUT2D eigenvalue weighted by Crippen LogP contribution is -2.54. The van der Waals surface area contributed by atoms with E-state index in [0.717, 1.165) is 0 Å². The van der Waals surface area contributed by atoms with Crippen molar-refractivity contribution in [2.75, 3.05) is 13.2 Å². The quantitative estimate of drug-likeness (QED) is 0.472. The highest BCUT2D eigenvalue weighted by Gasteiger charge is 2.37. The highest BCUT2D eigenvalue weighted by Crippen LogP contribution is 2.19. The molecule has 0 radical (unpaired) electrons. The minimum absolute atomic E-state index is 0.116. The minimum Gasteiger partial charge on any atom is -0.480 e. The van der Waals surface area contributed by atoms with E-state index in [1.165, 1.54) is 4.90 Å². The standard InChI is InChI=1S/C14H25N3O5/c1-8(2)6-10(14(21)22)16-12(19)11-4-3-5-17(11)13(20)9(15)7-18/h8-11,18H,3-7,15H2,1-2H3,(H,16,19)(H,21,22)/t9-,10-,11-/m0/s1. The second kappa shape index (κ2) is 8.09. The van der Waals surface area contributed by atoms with E-state index >= 15 is 0 Å². The first-order valence-electron chi connectivity index (χ1n) is 7.48. The summed E-state index contributed by atoms with van der Waals surface area (Å²) in [4.78, 5) is 36.9. The number of likely N-dealkylation sites (tertiary alicyclic amines) is 1. The molecule has 0 aromatic carbocycles. The van der Waals surface area contributed by atoms with Crippen LogP contribution in [0.2, 0.25) is 0 Å². The van der Waals surface area contributed by atoms with E-state index in [2.05, 4.69) is 5.32 Å². The zero-order chi connectivity index (χ0) is 16.9. The van der Waals surface area contributed by atoms with Crippen LogP contribution in [0.15, 0.2) is 0 Å². The van der Waals surface area contributed by atoms with Crippen LogP contribution in [0.5, 0.6) is 0 Å². The predicted octanol–water partition coefficient (Wildman–Crippen LogP) is -1.09. The summed E-state index contributed by atoms with van der Waals surface area (Å²) in [5, 5.41) is 20.6. The normalized spacial score (nSPS) is 20.8. The summed E-state index contributed by atoms with van der Waals surface area (Å²) >= 11 is 0. The van der Waals surface area contributed by atoms with Crippen molar-refractivity contribution < 1.29 is 24.6 Å². The van der Waals surface area contributed by atoms with Gasteiger partial charge in [0.15, 0.2) is 0 Å². The highest BCUT2D eigenvalue weighted by atomic mass is 16.4. The molecule has 126 valence electrons. The van der Waals surface area contributed by atoms with E-state index in [0.29, 0.717) is 25.8 Å². The van der Waals surface area contributed by atoms with Gasteiger partial charge in [0.25, 0.3) is 0 Å². The molecule has 0 unspecified atom stereocenters. The van der Waals surface area contributed by atoms with Crippen LogP contribution in [0.25, 0.3) is 0 Å². The van der Waals surface area contributed by atoms with Gasteiger partial charge in [-0.2, -0.15) is 0 Å². The van der Waals surface area contributed by atoms with Gasteiger partial charge in [0.05, 0.1) is 6.61 Å². The number of rotatable bonds is 7. The van der Waals surface area contributed by atoms with Crippen LogP contribution >= 0.6 is 0 Å². The summed E-state index contributed by atoms with van der Waals surface area (Å²) in [5.41, 5.74) is 5.51. The zero-order valence-electron chi connectivity index (χ0n) is 13.0. The Bertz CT molecular complexity index is 427. The zero-order valence-corrected chi connectivity index (χ0v) is 13.0. The van der Waals surface area contributed by atoms with E-state index in [4.69, 9.17) is 15.9 Å². The number of carbonyl (C=O) groups excluding carboxylic acids is 2. The largest absolute Gasteiger partial charge is 0.480 e. The number of nitrogens with two attached hydrogens (primary N) is 1.